The molecule has 0 aliphatic rings. The summed E-state index contributed by atoms with van der Waals surface area (Å²) in [7, 11) is 0. The summed E-state index contributed by atoms with van der Waals surface area (Å²) in [4.78, 5) is 25.4. The van der Waals surface area contributed by atoms with Crippen LogP contribution in [0.3, 0.4) is 0 Å². The summed E-state index contributed by atoms with van der Waals surface area (Å²) in [5.41, 5.74) is 0. The fourth-order valence-corrected chi connectivity index (χ4v) is 8.01. The van der Waals surface area contributed by atoms with Gasteiger partial charge in [0, 0.05) is 19.4 Å². The molecule has 0 aliphatic heterocycles. The fourth-order valence-electron chi connectivity index (χ4n) is 8.01. The Labute approximate surface area is 387 Å². The second-order valence-corrected chi connectivity index (χ2v) is 18.5. The molecule has 0 heterocycles. The zero-order valence-corrected chi connectivity index (χ0v) is 41.9. The molecule has 0 amide bonds. The Bertz CT molecular complexity index is 986. The normalized spacial score (nSPS) is 12.4. The summed E-state index contributed by atoms with van der Waals surface area (Å²) in [5.74, 6) is -0.396. The van der Waals surface area contributed by atoms with E-state index in [-0.39, 0.29) is 25.2 Å². The number of hydrogen-bond donors (Lipinski definition) is 0. The largest absolute Gasteiger partial charge is 0.462 e. The maximum atomic E-state index is 12.8. The first-order valence-electron chi connectivity index (χ1n) is 27.5. The summed E-state index contributed by atoms with van der Waals surface area (Å²) in [6, 6.07) is 0. The van der Waals surface area contributed by atoms with Crippen molar-refractivity contribution in [3.05, 3.63) is 36.5 Å². The van der Waals surface area contributed by atoms with E-state index in [1.54, 1.807) is 0 Å². The van der Waals surface area contributed by atoms with Crippen LogP contribution < -0.4 is 0 Å². The minimum atomic E-state index is -0.537. The Kier molecular flexibility index (Phi) is 51.8. The van der Waals surface area contributed by atoms with Gasteiger partial charge in [-0.1, -0.05) is 237 Å². The summed E-state index contributed by atoms with van der Waals surface area (Å²) >= 11 is 0. The lowest BCUT2D eigenvalue weighted by molar-refractivity contribution is -0.163. The van der Waals surface area contributed by atoms with Gasteiger partial charge in [-0.15, -0.1) is 0 Å². The van der Waals surface area contributed by atoms with E-state index in [0.717, 1.165) is 51.4 Å². The van der Waals surface area contributed by atoms with Crippen molar-refractivity contribution in [1.29, 1.82) is 0 Å². The maximum absolute atomic E-state index is 12.8. The van der Waals surface area contributed by atoms with Gasteiger partial charge in [0.2, 0.25) is 0 Å². The summed E-state index contributed by atoms with van der Waals surface area (Å²) < 4.78 is 17.4. The van der Waals surface area contributed by atoms with E-state index in [9.17, 15) is 9.59 Å². The van der Waals surface area contributed by atoms with Crippen LogP contribution in [-0.2, 0) is 23.8 Å². The molecule has 0 fully saturated rings. The van der Waals surface area contributed by atoms with Gasteiger partial charge in [-0.2, -0.15) is 0 Å². The first-order chi connectivity index (χ1) is 30.6. The molecule has 0 aromatic rings. The van der Waals surface area contributed by atoms with E-state index < -0.39 is 6.10 Å². The van der Waals surface area contributed by atoms with Gasteiger partial charge in [0.25, 0.3) is 0 Å². The van der Waals surface area contributed by atoms with Gasteiger partial charge in [0.05, 0.1) is 6.61 Å². The quantitative estimate of drug-likeness (QED) is 0.0346. The van der Waals surface area contributed by atoms with Crippen molar-refractivity contribution in [3.8, 4) is 0 Å². The molecule has 0 rings (SSSR count). The molecule has 0 aromatic carbocycles. The van der Waals surface area contributed by atoms with Crippen LogP contribution in [0, 0.1) is 0 Å². The van der Waals surface area contributed by atoms with Gasteiger partial charge >= 0.3 is 11.9 Å². The van der Waals surface area contributed by atoms with Crippen molar-refractivity contribution in [3.63, 3.8) is 0 Å². The van der Waals surface area contributed by atoms with Crippen molar-refractivity contribution in [1.82, 2.24) is 0 Å². The van der Waals surface area contributed by atoms with Gasteiger partial charge in [0.1, 0.15) is 6.61 Å². The summed E-state index contributed by atoms with van der Waals surface area (Å²) in [6.07, 6.45) is 64.4. The molecule has 0 aromatic heterocycles. The average molecular weight is 871 g/mol. The monoisotopic (exact) mass is 871 g/mol. The molecule has 1 unspecified atom stereocenters. The third-order valence-electron chi connectivity index (χ3n) is 12.1. The minimum Gasteiger partial charge on any atom is -0.462 e. The van der Waals surface area contributed by atoms with E-state index in [0.29, 0.717) is 19.4 Å². The molecule has 0 spiro atoms. The van der Waals surface area contributed by atoms with Crippen LogP contribution in [0.1, 0.15) is 290 Å². The molecule has 364 valence electrons. The van der Waals surface area contributed by atoms with Crippen molar-refractivity contribution < 1.29 is 23.8 Å². The van der Waals surface area contributed by atoms with Gasteiger partial charge < -0.3 is 14.2 Å². The lowest BCUT2D eigenvalue weighted by Crippen LogP contribution is -2.30. The van der Waals surface area contributed by atoms with E-state index in [1.165, 1.54) is 205 Å². The van der Waals surface area contributed by atoms with E-state index in [4.69, 9.17) is 14.2 Å². The summed E-state index contributed by atoms with van der Waals surface area (Å²) in [6.45, 7) is 7.83. The highest BCUT2D eigenvalue weighted by Crippen LogP contribution is 2.15. The Morgan fingerprint density at radius 1 is 0.355 bits per heavy atom. The Morgan fingerprint density at radius 2 is 0.677 bits per heavy atom. The molecule has 0 aliphatic carbocycles. The zero-order chi connectivity index (χ0) is 44.9. The van der Waals surface area contributed by atoms with Gasteiger partial charge in [-0.25, -0.2) is 0 Å². The number of esters is 2. The number of carbonyl (C=O) groups is 2. The molecular weight excluding hydrogens is 765 g/mol. The van der Waals surface area contributed by atoms with E-state index in [1.807, 2.05) is 0 Å². The van der Waals surface area contributed by atoms with Crippen molar-refractivity contribution in [2.45, 2.75) is 297 Å². The zero-order valence-electron chi connectivity index (χ0n) is 41.9. The molecule has 62 heavy (non-hydrogen) atoms. The highest BCUT2D eigenvalue weighted by molar-refractivity contribution is 5.70. The fraction of sp³-hybridized carbons (Fsp3) is 0.860. The topological polar surface area (TPSA) is 61.8 Å². The smallest absolute Gasteiger partial charge is 0.306 e. The standard InChI is InChI=1S/C57H106O5/c1-4-7-10-13-16-19-22-25-27-28-29-30-32-33-35-38-41-44-47-50-56(58)61-54-55(53-60-52-49-46-43-40-37-24-21-18-15-12-9-6-3)62-57(59)51-48-45-42-39-36-34-31-26-23-20-17-14-11-8-5-2/h16,19,25-27,31,55H,4-15,17-18,20-24,28-30,32-54H2,1-3H3/b19-16-,27-25-,31-26-. The van der Waals surface area contributed by atoms with E-state index >= 15 is 0 Å². The van der Waals surface area contributed by atoms with Crippen LogP contribution in [0.2, 0.25) is 0 Å². The molecule has 0 N–H and O–H groups in total. The van der Waals surface area contributed by atoms with Gasteiger partial charge in [0.15, 0.2) is 6.10 Å². The second kappa shape index (κ2) is 53.5. The third kappa shape index (κ3) is 50.8. The number of allylic oxidation sites excluding steroid dienone is 6. The number of carbonyl (C=O) groups excluding carboxylic acids is 2. The Hall–Kier alpha value is -1.88. The molecule has 0 bridgehead atoms. The molecule has 0 radical (unpaired) electrons. The average Bonchev–Trinajstić information content (AvgIpc) is 3.27. The van der Waals surface area contributed by atoms with Crippen molar-refractivity contribution in [2.75, 3.05) is 19.8 Å². The third-order valence-corrected chi connectivity index (χ3v) is 12.1. The van der Waals surface area contributed by atoms with Gasteiger partial charge in [-0.05, 0) is 77.0 Å². The van der Waals surface area contributed by atoms with Crippen LogP contribution in [0.5, 0.6) is 0 Å². The van der Waals surface area contributed by atoms with Crippen molar-refractivity contribution >= 4 is 11.9 Å². The van der Waals surface area contributed by atoms with Crippen LogP contribution in [0.4, 0.5) is 0 Å². The summed E-state index contributed by atoms with van der Waals surface area (Å²) in [5, 5.41) is 0. The highest BCUT2D eigenvalue weighted by Gasteiger charge is 2.17. The lowest BCUT2D eigenvalue weighted by atomic mass is 10.1. The van der Waals surface area contributed by atoms with Crippen LogP contribution in [0.15, 0.2) is 36.5 Å². The van der Waals surface area contributed by atoms with Gasteiger partial charge in [-0.3, -0.25) is 9.59 Å². The molecule has 1 atom stereocenters. The minimum absolute atomic E-state index is 0.0847. The number of unbranched alkanes of at least 4 members (excludes halogenated alkanes) is 34. The van der Waals surface area contributed by atoms with E-state index in [2.05, 4.69) is 57.2 Å². The van der Waals surface area contributed by atoms with Crippen LogP contribution in [0.25, 0.3) is 0 Å². The number of rotatable bonds is 51. The number of hydrogen-bond acceptors (Lipinski definition) is 5. The molecule has 0 saturated heterocycles. The predicted octanol–water partition coefficient (Wildman–Crippen LogP) is 18.6. The molecular formula is C57H106O5. The molecule has 0 saturated carbocycles. The maximum Gasteiger partial charge on any atom is 0.306 e. The molecule has 5 heteroatoms. The second-order valence-electron chi connectivity index (χ2n) is 18.5. The van der Waals surface area contributed by atoms with Crippen LogP contribution in [-0.4, -0.2) is 37.9 Å². The highest BCUT2D eigenvalue weighted by atomic mass is 16.6. The number of ether oxygens (including phenoxy) is 3. The first kappa shape index (κ1) is 60.1. The molecule has 5 nitrogen and oxygen atoms in total. The Morgan fingerprint density at radius 3 is 1.11 bits per heavy atom. The lowest BCUT2D eigenvalue weighted by Gasteiger charge is -2.18. The van der Waals surface area contributed by atoms with Crippen molar-refractivity contribution in [2.24, 2.45) is 0 Å². The first-order valence-corrected chi connectivity index (χ1v) is 27.5. The SMILES string of the molecule is CCCCC/C=C\C/C=C\CCCCCCCCCCCC(=O)OCC(COCCCCCCCCCCCCCC)OC(=O)CCCCCCC/C=C\CCCCCCCC. The Balaban J connectivity index is 4.21. The predicted molar refractivity (Wildman–Crippen MR) is 270 cm³/mol. The van der Waals surface area contributed by atoms with Crippen LogP contribution >= 0.6 is 0 Å².